The van der Waals surface area contributed by atoms with Gasteiger partial charge in [0.05, 0.1) is 15.6 Å². The summed E-state index contributed by atoms with van der Waals surface area (Å²) < 4.78 is 12.6. The van der Waals surface area contributed by atoms with Gasteiger partial charge in [-0.2, -0.15) is 0 Å². The molecule has 0 saturated carbocycles. The molecular weight excluding hydrogens is 486 g/mol. The Morgan fingerprint density at radius 1 is 1.07 bits per heavy atom. The summed E-state index contributed by atoms with van der Waals surface area (Å²) in [5.74, 6) is 0.569. The number of hydrogen-bond acceptors (Lipinski definition) is 4. The van der Waals surface area contributed by atoms with Crippen LogP contribution >= 0.6 is 31.9 Å². The lowest BCUT2D eigenvalue weighted by molar-refractivity contribution is -0.129. The van der Waals surface area contributed by atoms with E-state index in [-0.39, 0.29) is 5.70 Å². The van der Waals surface area contributed by atoms with Crippen LogP contribution in [0.15, 0.2) is 74.2 Å². The third-order valence-corrected chi connectivity index (χ3v) is 5.43. The number of nitrogens with zero attached hydrogens (tertiary/aromatic N) is 1. The van der Waals surface area contributed by atoms with E-state index in [9.17, 15) is 4.79 Å². The maximum Gasteiger partial charge on any atom is 0.363 e. The Balaban J connectivity index is 1.73. The van der Waals surface area contributed by atoms with Gasteiger partial charge in [0.2, 0.25) is 5.90 Å². The molecule has 0 aromatic heterocycles. The summed E-state index contributed by atoms with van der Waals surface area (Å²) in [6.07, 6.45) is 1.70. The molecule has 0 saturated heterocycles. The van der Waals surface area contributed by atoms with Gasteiger partial charge in [-0.3, -0.25) is 0 Å². The molecule has 0 bridgehead atoms. The first-order valence-corrected chi connectivity index (χ1v) is 10.3. The average molecular weight is 501 g/mol. The van der Waals surface area contributed by atoms with Crippen LogP contribution in [0, 0.1) is 0 Å². The lowest BCUT2D eigenvalue weighted by Crippen LogP contribution is -2.05. The minimum Gasteiger partial charge on any atom is -0.492 e. The highest BCUT2D eigenvalue weighted by molar-refractivity contribution is 9.11. The molecule has 1 aliphatic heterocycles. The SMILES string of the molecule is CCOc1c(Br)cc(/C=C2/N=C(c3cccc4ccccc34)OC2=O)cc1Br. The zero-order chi connectivity index (χ0) is 19.7. The summed E-state index contributed by atoms with van der Waals surface area (Å²) in [4.78, 5) is 16.8. The second kappa shape index (κ2) is 7.89. The minimum absolute atomic E-state index is 0.255. The molecule has 28 heavy (non-hydrogen) atoms. The highest BCUT2D eigenvalue weighted by Crippen LogP contribution is 2.36. The molecule has 0 amide bonds. The third kappa shape index (κ3) is 3.62. The number of benzene rings is 3. The molecule has 3 aromatic rings. The summed E-state index contributed by atoms with van der Waals surface area (Å²) in [6.45, 7) is 2.48. The van der Waals surface area contributed by atoms with Crippen molar-refractivity contribution in [1.82, 2.24) is 0 Å². The Morgan fingerprint density at radius 2 is 1.79 bits per heavy atom. The van der Waals surface area contributed by atoms with Crippen molar-refractivity contribution in [2.75, 3.05) is 6.61 Å². The summed E-state index contributed by atoms with van der Waals surface area (Å²) in [5, 5.41) is 2.06. The fourth-order valence-electron chi connectivity index (χ4n) is 3.04. The molecule has 0 radical (unpaired) electrons. The molecule has 140 valence electrons. The largest absolute Gasteiger partial charge is 0.492 e. The summed E-state index contributed by atoms with van der Waals surface area (Å²) in [7, 11) is 0. The van der Waals surface area contributed by atoms with Crippen LogP contribution in [-0.2, 0) is 9.53 Å². The highest BCUT2D eigenvalue weighted by Gasteiger charge is 2.25. The number of rotatable bonds is 4. The van der Waals surface area contributed by atoms with E-state index >= 15 is 0 Å². The summed E-state index contributed by atoms with van der Waals surface area (Å²) in [5.41, 5.74) is 1.85. The summed E-state index contributed by atoms with van der Waals surface area (Å²) in [6, 6.07) is 17.5. The number of hydrogen-bond donors (Lipinski definition) is 0. The van der Waals surface area contributed by atoms with E-state index in [4.69, 9.17) is 9.47 Å². The van der Waals surface area contributed by atoms with Crippen molar-refractivity contribution in [2.24, 2.45) is 4.99 Å². The Kier molecular flexibility index (Phi) is 5.33. The van der Waals surface area contributed by atoms with E-state index < -0.39 is 5.97 Å². The van der Waals surface area contributed by atoms with Gasteiger partial charge in [0.15, 0.2) is 5.70 Å². The molecule has 0 N–H and O–H groups in total. The fourth-order valence-corrected chi connectivity index (χ4v) is 4.49. The van der Waals surface area contributed by atoms with Crippen molar-refractivity contribution >= 4 is 60.6 Å². The van der Waals surface area contributed by atoms with E-state index in [0.29, 0.717) is 12.5 Å². The first-order valence-electron chi connectivity index (χ1n) is 8.69. The Morgan fingerprint density at radius 3 is 2.54 bits per heavy atom. The smallest absolute Gasteiger partial charge is 0.363 e. The second-order valence-electron chi connectivity index (χ2n) is 6.11. The van der Waals surface area contributed by atoms with Crippen LogP contribution in [0.3, 0.4) is 0 Å². The van der Waals surface area contributed by atoms with Gasteiger partial charge in [-0.25, -0.2) is 9.79 Å². The van der Waals surface area contributed by atoms with Gasteiger partial charge < -0.3 is 9.47 Å². The van der Waals surface area contributed by atoms with Crippen LogP contribution < -0.4 is 4.74 Å². The molecule has 1 heterocycles. The van der Waals surface area contributed by atoms with Crippen LogP contribution in [0.25, 0.3) is 16.8 Å². The van der Waals surface area contributed by atoms with E-state index in [2.05, 4.69) is 36.9 Å². The third-order valence-electron chi connectivity index (χ3n) is 4.25. The zero-order valence-corrected chi connectivity index (χ0v) is 18.1. The molecule has 0 fully saturated rings. The molecule has 0 aliphatic carbocycles. The van der Waals surface area contributed by atoms with Crippen molar-refractivity contribution in [3.05, 3.63) is 80.4 Å². The van der Waals surface area contributed by atoms with E-state index in [1.807, 2.05) is 61.5 Å². The van der Waals surface area contributed by atoms with Crippen LogP contribution in [0.1, 0.15) is 18.1 Å². The number of halogens is 2. The number of esters is 1. The number of ether oxygens (including phenoxy) is 2. The minimum atomic E-state index is -0.468. The van der Waals surface area contributed by atoms with Crippen molar-refractivity contribution < 1.29 is 14.3 Å². The summed E-state index contributed by atoms with van der Waals surface area (Å²) >= 11 is 7.01. The maximum absolute atomic E-state index is 12.4. The van der Waals surface area contributed by atoms with Gasteiger partial charge in [0, 0.05) is 5.56 Å². The number of aliphatic imine (C=N–C) groups is 1. The predicted octanol–water partition coefficient (Wildman–Crippen LogP) is 6.11. The fraction of sp³-hybridized carbons (Fsp3) is 0.0909. The molecule has 0 atom stereocenters. The van der Waals surface area contributed by atoms with E-state index in [1.165, 1.54) is 0 Å². The van der Waals surface area contributed by atoms with Gasteiger partial charge in [-0.1, -0.05) is 36.4 Å². The van der Waals surface area contributed by atoms with Crippen molar-refractivity contribution in [2.45, 2.75) is 6.92 Å². The standard InChI is InChI=1S/C22H15Br2NO3/c1-2-27-20-17(23)10-13(11-18(20)24)12-19-22(26)28-21(25-19)16-9-5-7-14-6-3-4-8-15(14)16/h3-12H,2H2,1H3/b19-12+. The van der Waals surface area contributed by atoms with Gasteiger partial charge in [0.25, 0.3) is 0 Å². The molecule has 6 heteroatoms. The van der Waals surface area contributed by atoms with Crippen LogP contribution in [0.5, 0.6) is 5.75 Å². The molecule has 1 aliphatic rings. The van der Waals surface area contributed by atoms with Gasteiger partial charge in [0.1, 0.15) is 5.75 Å². The Labute approximate surface area is 179 Å². The quantitative estimate of drug-likeness (QED) is 0.321. The molecule has 0 unspecified atom stereocenters. The number of carbonyl (C=O) groups excluding carboxylic acids is 1. The van der Waals surface area contributed by atoms with E-state index in [0.717, 1.165) is 36.6 Å². The van der Waals surface area contributed by atoms with Crippen LogP contribution in [-0.4, -0.2) is 18.5 Å². The topological polar surface area (TPSA) is 47.9 Å². The van der Waals surface area contributed by atoms with Crippen molar-refractivity contribution in [3.63, 3.8) is 0 Å². The zero-order valence-electron chi connectivity index (χ0n) is 14.9. The van der Waals surface area contributed by atoms with Gasteiger partial charge in [-0.15, -0.1) is 0 Å². The Hall–Kier alpha value is -2.44. The van der Waals surface area contributed by atoms with Crippen molar-refractivity contribution in [3.8, 4) is 5.75 Å². The van der Waals surface area contributed by atoms with E-state index in [1.54, 1.807) is 6.08 Å². The average Bonchev–Trinajstić information content (AvgIpc) is 3.04. The van der Waals surface area contributed by atoms with Crippen LogP contribution in [0.2, 0.25) is 0 Å². The maximum atomic E-state index is 12.4. The molecule has 3 aromatic carbocycles. The molecular formula is C22H15Br2NO3. The first kappa shape index (κ1) is 18.9. The van der Waals surface area contributed by atoms with Crippen molar-refractivity contribution in [1.29, 1.82) is 0 Å². The van der Waals surface area contributed by atoms with Gasteiger partial charge in [-0.05, 0) is 79.4 Å². The molecule has 0 spiro atoms. The predicted molar refractivity (Wildman–Crippen MR) is 118 cm³/mol. The first-order chi connectivity index (χ1) is 13.6. The lowest BCUT2D eigenvalue weighted by atomic mass is 10.0. The second-order valence-corrected chi connectivity index (χ2v) is 7.82. The monoisotopic (exact) mass is 499 g/mol. The van der Waals surface area contributed by atoms with Crippen LogP contribution in [0.4, 0.5) is 0 Å². The highest BCUT2D eigenvalue weighted by atomic mass is 79.9. The lowest BCUT2D eigenvalue weighted by Gasteiger charge is -2.09. The normalized spacial score (nSPS) is 15.0. The Bertz CT molecular complexity index is 1120. The number of fused-ring (bicyclic) bond motifs is 1. The number of cyclic esters (lactones) is 1. The van der Waals surface area contributed by atoms with Gasteiger partial charge >= 0.3 is 5.97 Å². The number of carbonyl (C=O) groups is 1. The molecule has 4 nitrogen and oxygen atoms in total. The molecule has 4 rings (SSSR count).